The Labute approximate surface area is 72.7 Å². The van der Waals surface area contributed by atoms with E-state index in [0.29, 0.717) is 0 Å². The normalized spacial score (nSPS) is 10.5. The van der Waals surface area contributed by atoms with Gasteiger partial charge in [0.25, 0.3) is 0 Å². The van der Waals surface area contributed by atoms with E-state index in [-0.39, 0.29) is 0 Å². The maximum atomic E-state index is 4.20. The molecule has 0 saturated carbocycles. The average molecular weight is 160 g/mol. The van der Waals surface area contributed by atoms with Crippen LogP contribution in [0, 0.1) is 13.8 Å². The predicted molar refractivity (Wildman–Crippen MR) is 52.3 cm³/mol. The summed E-state index contributed by atoms with van der Waals surface area (Å²) in [5.74, 6) is 0. The van der Waals surface area contributed by atoms with Crippen molar-refractivity contribution in [2.24, 2.45) is 4.99 Å². The van der Waals surface area contributed by atoms with E-state index in [2.05, 4.69) is 23.6 Å². The molecule has 1 heterocycles. The highest BCUT2D eigenvalue weighted by atomic mass is 14.7. The highest BCUT2D eigenvalue weighted by molar-refractivity contribution is 5.51. The van der Waals surface area contributed by atoms with Gasteiger partial charge < -0.3 is 0 Å². The van der Waals surface area contributed by atoms with Crippen LogP contribution in [0.4, 0.5) is 0 Å². The van der Waals surface area contributed by atoms with Gasteiger partial charge in [0.05, 0.1) is 5.69 Å². The van der Waals surface area contributed by atoms with Gasteiger partial charge in [-0.05, 0) is 43.8 Å². The molecule has 0 atom stereocenters. The van der Waals surface area contributed by atoms with Gasteiger partial charge in [0.2, 0.25) is 0 Å². The van der Waals surface area contributed by atoms with E-state index >= 15 is 0 Å². The molecule has 0 fully saturated rings. The summed E-state index contributed by atoms with van der Waals surface area (Å²) in [6, 6.07) is 1.99. The fourth-order valence-electron chi connectivity index (χ4n) is 0.945. The van der Waals surface area contributed by atoms with E-state index in [9.17, 15) is 0 Å². The van der Waals surface area contributed by atoms with Gasteiger partial charge in [0, 0.05) is 12.4 Å². The van der Waals surface area contributed by atoms with E-state index in [4.69, 9.17) is 0 Å². The minimum absolute atomic E-state index is 0.961. The molecule has 0 bridgehead atoms. The zero-order chi connectivity index (χ0) is 8.97. The first-order valence-electron chi connectivity index (χ1n) is 3.80. The molecule has 1 aromatic rings. The fraction of sp³-hybridized carbons (Fsp3) is 0.200. The summed E-state index contributed by atoms with van der Waals surface area (Å²) in [4.78, 5) is 7.83. The van der Waals surface area contributed by atoms with Gasteiger partial charge in [-0.1, -0.05) is 0 Å². The molecule has 0 amide bonds. The van der Waals surface area contributed by atoms with E-state index in [1.54, 1.807) is 12.4 Å². The van der Waals surface area contributed by atoms with E-state index < -0.39 is 0 Å². The summed E-state index contributed by atoms with van der Waals surface area (Å²) in [6.07, 6.45) is 5.30. The second kappa shape index (κ2) is 3.81. The van der Waals surface area contributed by atoms with Gasteiger partial charge in [0.15, 0.2) is 0 Å². The first-order valence-corrected chi connectivity index (χ1v) is 3.80. The lowest BCUT2D eigenvalue weighted by Crippen LogP contribution is -1.88. The van der Waals surface area contributed by atoms with Crippen molar-refractivity contribution in [1.82, 2.24) is 4.98 Å². The molecule has 12 heavy (non-hydrogen) atoms. The second-order valence-electron chi connectivity index (χ2n) is 2.64. The number of aliphatic imine (C=N–C) groups is 1. The Morgan fingerprint density at radius 3 is 2.92 bits per heavy atom. The summed E-state index contributed by atoms with van der Waals surface area (Å²) < 4.78 is 0. The van der Waals surface area contributed by atoms with Gasteiger partial charge in [-0.2, -0.15) is 0 Å². The summed E-state index contributed by atoms with van der Waals surface area (Å²) >= 11 is 0. The van der Waals surface area contributed by atoms with Crippen molar-refractivity contribution in [3.05, 3.63) is 35.3 Å². The Morgan fingerprint density at radius 1 is 1.50 bits per heavy atom. The molecule has 1 rings (SSSR count). The molecule has 0 spiro atoms. The molecule has 0 N–H and O–H groups in total. The zero-order valence-corrected chi connectivity index (χ0v) is 7.41. The van der Waals surface area contributed by atoms with Crippen LogP contribution in [0.2, 0.25) is 0 Å². The number of hydrogen-bond acceptors (Lipinski definition) is 2. The first kappa shape index (κ1) is 8.65. The number of aryl methyl sites for hydroxylation is 1. The molecule has 2 nitrogen and oxygen atoms in total. The van der Waals surface area contributed by atoms with Crippen molar-refractivity contribution in [2.75, 3.05) is 0 Å². The minimum Gasteiger partial charge on any atom is -0.272 e. The van der Waals surface area contributed by atoms with Crippen molar-refractivity contribution in [3.63, 3.8) is 0 Å². The number of pyridine rings is 1. The fourth-order valence-corrected chi connectivity index (χ4v) is 0.945. The molecule has 62 valence electrons. The smallest absolute Gasteiger partial charge is 0.0676 e. The van der Waals surface area contributed by atoms with Gasteiger partial charge >= 0.3 is 0 Å². The standard InChI is InChI=1S/C10H12N2/c1-8-4-7-12-10(9(8)2)5-6-11-3/h4-7H,3H2,1-2H3/b6-5-. The maximum Gasteiger partial charge on any atom is 0.0676 e. The molecule has 0 saturated heterocycles. The molecule has 2 heteroatoms. The van der Waals surface area contributed by atoms with Crippen LogP contribution >= 0.6 is 0 Å². The topological polar surface area (TPSA) is 25.2 Å². The van der Waals surface area contributed by atoms with Crippen molar-refractivity contribution < 1.29 is 0 Å². The molecular weight excluding hydrogens is 148 g/mol. The van der Waals surface area contributed by atoms with Crippen LogP contribution in [0.15, 0.2) is 23.5 Å². The second-order valence-corrected chi connectivity index (χ2v) is 2.64. The quantitative estimate of drug-likeness (QED) is 0.610. The molecular formula is C10H12N2. The van der Waals surface area contributed by atoms with Crippen LogP contribution in [0.5, 0.6) is 0 Å². The summed E-state index contributed by atoms with van der Waals surface area (Å²) in [6.45, 7) is 7.48. The molecule has 0 aliphatic carbocycles. The van der Waals surface area contributed by atoms with Crippen LogP contribution in [0.25, 0.3) is 6.08 Å². The van der Waals surface area contributed by atoms with Gasteiger partial charge in [0.1, 0.15) is 0 Å². The highest BCUT2D eigenvalue weighted by Gasteiger charge is 1.96. The minimum atomic E-state index is 0.961. The van der Waals surface area contributed by atoms with Crippen LogP contribution in [0.1, 0.15) is 16.8 Å². The first-order chi connectivity index (χ1) is 5.75. The molecule has 0 aliphatic rings. The Balaban J connectivity index is 3.07. The van der Waals surface area contributed by atoms with Gasteiger partial charge in [-0.25, -0.2) is 0 Å². The Bertz CT molecular complexity index is 314. The van der Waals surface area contributed by atoms with Gasteiger partial charge in [-0.3, -0.25) is 9.98 Å². The third kappa shape index (κ3) is 1.78. The molecule has 0 unspecified atom stereocenters. The summed E-state index contributed by atoms with van der Waals surface area (Å²) in [5, 5.41) is 0. The van der Waals surface area contributed by atoms with Gasteiger partial charge in [-0.15, -0.1) is 0 Å². The van der Waals surface area contributed by atoms with Crippen LogP contribution < -0.4 is 0 Å². The third-order valence-corrected chi connectivity index (χ3v) is 1.85. The van der Waals surface area contributed by atoms with Crippen LogP contribution in [0.3, 0.4) is 0 Å². The van der Waals surface area contributed by atoms with E-state index in [1.165, 1.54) is 11.1 Å². The lowest BCUT2D eigenvalue weighted by Gasteiger charge is -2.01. The largest absolute Gasteiger partial charge is 0.272 e. The SMILES string of the molecule is C=N/C=C\c1nccc(C)c1C. The zero-order valence-electron chi connectivity index (χ0n) is 7.41. The summed E-state index contributed by atoms with van der Waals surface area (Å²) in [7, 11) is 0. The molecule has 1 aromatic heterocycles. The van der Waals surface area contributed by atoms with E-state index in [1.807, 2.05) is 19.1 Å². The molecule has 0 radical (unpaired) electrons. The lowest BCUT2D eigenvalue weighted by atomic mass is 10.1. The maximum absolute atomic E-state index is 4.20. The number of rotatable bonds is 2. The average Bonchev–Trinajstić information content (AvgIpc) is 2.08. The monoisotopic (exact) mass is 160 g/mol. The Kier molecular flexibility index (Phi) is 2.75. The van der Waals surface area contributed by atoms with Crippen LogP contribution in [-0.4, -0.2) is 11.7 Å². The molecule has 0 aliphatic heterocycles. The van der Waals surface area contributed by atoms with Crippen molar-refractivity contribution >= 4 is 12.8 Å². The number of hydrogen-bond donors (Lipinski definition) is 0. The lowest BCUT2D eigenvalue weighted by molar-refractivity contribution is 1.19. The summed E-state index contributed by atoms with van der Waals surface area (Å²) in [5.41, 5.74) is 3.40. The van der Waals surface area contributed by atoms with Crippen LogP contribution in [-0.2, 0) is 0 Å². The Hall–Kier alpha value is -1.44. The van der Waals surface area contributed by atoms with Crippen molar-refractivity contribution in [2.45, 2.75) is 13.8 Å². The third-order valence-electron chi connectivity index (χ3n) is 1.85. The number of aromatic nitrogens is 1. The van der Waals surface area contributed by atoms with Crippen molar-refractivity contribution in [1.29, 1.82) is 0 Å². The van der Waals surface area contributed by atoms with Crippen molar-refractivity contribution in [3.8, 4) is 0 Å². The molecule has 0 aromatic carbocycles. The van der Waals surface area contributed by atoms with E-state index in [0.717, 1.165) is 5.69 Å². The Morgan fingerprint density at radius 2 is 2.25 bits per heavy atom. The predicted octanol–water partition coefficient (Wildman–Crippen LogP) is 2.37. The highest BCUT2D eigenvalue weighted by Crippen LogP contribution is 2.10. The number of nitrogens with zero attached hydrogens (tertiary/aromatic N) is 2.